The first-order valence-electron chi connectivity index (χ1n) is 5.65. The fourth-order valence-electron chi connectivity index (χ4n) is 2.59. The third-order valence-electron chi connectivity index (χ3n) is 3.56. The Balaban J connectivity index is 2.09. The molecule has 1 aliphatic carbocycles. The normalized spacial score (nSPS) is 31.4. The lowest BCUT2D eigenvalue weighted by Gasteiger charge is -2.14. The predicted octanol–water partition coefficient (Wildman–Crippen LogP) is 2.07. The van der Waals surface area contributed by atoms with Crippen LogP contribution in [0, 0.1) is 11.7 Å². The molecule has 1 fully saturated rings. The molecule has 0 unspecified atom stereocenters. The molecule has 1 aromatic carbocycles. The number of nitrogens with two attached hydrogens (primary N) is 2. The molecule has 4 N–H and O–H groups in total. The predicted molar refractivity (Wildman–Crippen MR) is 69.3 cm³/mol. The summed E-state index contributed by atoms with van der Waals surface area (Å²) in [5.74, 6) is 1.14. The number of rotatable bonds is 1. The van der Waals surface area contributed by atoms with E-state index < -0.39 is 5.54 Å². The number of nitrogens with zero attached hydrogens (tertiary/aromatic N) is 1. The van der Waals surface area contributed by atoms with E-state index in [0.717, 1.165) is 18.6 Å². The van der Waals surface area contributed by atoms with Gasteiger partial charge in [-0.05, 0) is 37.0 Å². The Morgan fingerprint density at radius 3 is 3.06 bits per heavy atom. The highest BCUT2D eigenvalue weighted by Gasteiger charge is 2.57. The topological polar surface area (TPSA) is 64.4 Å². The highest BCUT2D eigenvalue weighted by atomic mass is 32.2. The molecule has 3 rings (SSSR count). The van der Waals surface area contributed by atoms with E-state index in [1.807, 2.05) is 0 Å². The van der Waals surface area contributed by atoms with Crippen LogP contribution < -0.4 is 11.5 Å². The third-order valence-corrected chi connectivity index (χ3v) is 4.38. The summed E-state index contributed by atoms with van der Waals surface area (Å²) in [6.07, 6.45) is 1.91. The van der Waals surface area contributed by atoms with Gasteiger partial charge in [0.05, 0.1) is 5.54 Å². The molecule has 0 bridgehead atoms. The SMILES string of the molecule is NC1=N[C@@]2(c3cc(N)ccc3F)C[C@H]2CCS1. The van der Waals surface area contributed by atoms with Gasteiger partial charge in [-0.25, -0.2) is 4.39 Å². The first kappa shape index (κ1) is 10.9. The van der Waals surface area contributed by atoms with Crippen molar-refractivity contribution in [3.05, 3.63) is 29.6 Å². The zero-order chi connectivity index (χ0) is 12.0. The summed E-state index contributed by atoms with van der Waals surface area (Å²) in [5.41, 5.74) is 12.3. The van der Waals surface area contributed by atoms with E-state index in [0.29, 0.717) is 22.3 Å². The molecule has 1 saturated carbocycles. The maximum atomic E-state index is 13.9. The summed E-state index contributed by atoms with van der Waals surface area (Å²) in [5, 5.41) is 0.562. The summed E-state index contributed by atoms with van der Waals surface area (Å²) in [4.78, 5) is 4.52. The van der Waals surface area contributed by atoms with Crippen LogP contribution in [0.2, 0.25) is 0 Å². The lowest BCUT2D eigenvalue weighted by atomic mass is 10.0. The molecular formula is C12H14FN3S. The number of halogens is 1. The Labute approximate surface area is 103 Å². The number of hydrogen-bond donors (Lipinski definition) is 2. The zero-order valence-corrected chi connectivity index (χ0v) is 10.1. The second-order valence-electron chi connectivity index (χ2n) is 4.65. The van der Waals surface area contributed by atoms with E-state index in [1.54, 1.807) is 23.9 Å². The Bertz CT molecular complexity index is 503. The molecule has 3 nitrogen and oxygen atoms in total. The highest BCUT2D eigenvalue weighted by Crippen LogP contribution is 2.59. The van der Waals surface area contributed by atoms with Crippen molar-refractivity contribution >= 4 is 22.6 Å². The Morgan fingerprint density at radius 1 is 1.41 bits per heavy atom. The fraction of sp³-hybridized carbons (Fsp3) is 0.417. The first-order chi connectivity index (χ1) is 8.12. The Kier molecular flexibility index (Phi) is 2.33. The van der Waals surface area contributed by atoms with Crippen molar-refractivity contribution in [1.29, 1.82) is 0 Å². The molecule has 0 radical (unpaired) electrons. The number of benzene rings is 1. The maximum absolute atomic E-state index is 13.9. The van der Waals surface area contributed by atoms with Gasteiger partial charge >= 0.3 is 0 Å². The molecule has 5 heteroatoms. The summed E-state index contributed by atoms with van der Waals surface area (Å²) >= 11 is 1.55. The van der Waals surface area contributed by atoms with Crippen LogP contribution in [-0.4, -0.2) is 10.9 Å². The van der Waals surface area contributed by atoms with Crippen LogP contribution >= 0.6 is 11.8 Å². The quantitative estimate of drug-likeness (QED) is 0.751. The zero-order valence-electron chi connectivity index (χ0n) is 9.32. The van der Waals surface area contributed by atoms with Crippen molar-refractivity contribution in [2.24, 2.45) is 16.6 Å². The number of aliphatic imine (C=N–C) groups is 1. The van der Waals surface area contributed by atoms with Gasteiger partial charge in [0.2, 0.25) is 0 Å². The van der Waals surface area contributed by atoms with E-state index in [4.69, 9.17) is 11.5 Å². The number of fused-ring (bicyclic) bond motifs is 1. The average Bonchev–Trinajstić information content (AvgIpc) is 2.96. The first-order valence-corrected chi connectivity index (χ1v) is 6.64. The summed E-state index contributed by atoms with van der Waals surface area (Å²) < 4.78 is 13.9. The van der Waals surface area contributed by atoms with Crippen molar-refractivity contribution in [2.75, 3.05) is 11.5 Å². The standard InChI is InChI=1S/C12H14FN3S/c13-10-2-1-8(14)5-9(10)12-6-7(12)3-4-17-11(15)16-12/h1-2,5,7H,3-4,6,14H2,(H2,15,16)/t7-,12+/m1/s1. The second-order valence-corrected chi connectivity index (χ2v) is 5.77. The van der Waals surface area contributed by atoms with Crippen LogP contribution in [0.5, 0.6) is 0 Å². The van der Waals surface area contributed by atoms with E-state index in [2.05, 4.69) is 4.99 Å². The minimum atomic E-state index is -0.437. The minimum Gasteiger partial charge on any atom is -0.399 e. The molecular weight excluding hydrogens is 237 g/mol. The monoisotopic (exact) mass is 251 g/mol. The van der Waals surface area contributed by atoms with Gasteiger partial charge in [0.15, 0.2) is 5.17 Å². The van der Waals surface area contributed by atoms with Gasteiger partial charge in [-0.2, -0.15) is 0 Å². The number of anilines is 1. The van der Waals surface area contributed by atoms with E-state index in [1.165, 1.54) is 6.07 Å². The molecule has 1 aliphatic heterocycles. The number of thioether (sulfide) groups is 1. The Hall–Kier alpha value is -1.23. The van der Waals surface area contributed by atoms with Crippen LogP contribution in [0.25, 0.3) is 0 Å². The Morgan fingerprint density at radius 2 is 2.24 bits per heavy atom. The number of hydrogen-bond acceptors (Lipinski definition) is 4. The summed E-state index contributed by atoms with van der Waals surface area (Å²) in [6, 6.07) is 4.69. The van der Waals surface area contributed by atoms with Crippen molar-refractivity contribution in [2.45, 2.75) is 18.4 Å². The highest BCUT2D eigenvalue weighted by molar-refractivity contribution is 8.13. The van der Waals surface area contributed by atoms with Crippen molar-refractivity contribution < 1.29 is 4.39 Å². The average molecular weight is 251 g/mol. The van der Waals surface area contributed by atoms with Crippen LogP contribution in [0.3, 0.4) is 0 Å². The molecule has 2 atom stereocenters. The van der Waals surface area contributed by atoms with Crippen LogP contribution in [0.1, 0.15) is 18.4 Å². The lowest BCUT2D eigenvalue weighted by Crippen LogP contribution is -2.15. The lowest BCUT2D eigenvalue weighted by molar-refractivity contribution is 0.551. The van der Waals surface area contributed by atoms with Crippen molar-refractivity contribution in [3.8, 4) is 0 Å². The minimum absolute atomic E-state index is 0.231. The van der Waals surface area contributed by atoms with Gasteiger partial charge in [-0.15, -0.1) is 0 Å². The molecule has 0 saturated heterocycles. The second kappa shape index (κ2) is 3.63. The molecule has 0 amide bonds. The van der Waals surface area contributed by atoms with E-state index in [-0.39, 0.29) is 5.82 Å². The van der Waals surface area contributed by atoms with Gasteiger partial charge in [0.1, 0.15) is 5.82 Å². The maximum Gasteiger partial charge on any atom is 0.154 e. The number of amidine groups is 1. The van der Waals surface area contributed by atoms with Gasteiger partial charge < -0.3 is 11.5 Å². The van der Waals surface area contributed by atoms with Crippen LogP contribution in [-0.2, 0) is 5.54 Å². The van der Waals surface area contributed by atoms with Gasteiger partial charge in [0, 0.05) is 17.0 Å². The van der Waals surface area contributed by atoms with Crippen molar-refractivity contribution in [1.82, 2.24) is 0 Å². The fourth-order valence-corrected chi connectivity index (χ4v) is 3.43. The molecule has 1 aromatic rings. The van der Waals surface area contributed by atoms with Gasteiger partial charge in [-0.1, -0.05) is 11.8 Å². The summed E-state index contributed by atoms with van der Waals surface area (Å²) in [6.45, 7) is 0. The smallest absolute Gasteiger partial charge is 0.154 e. The molecule has 90 valence electrons. The summed E-state index contributed by atoms with van der Waals surface area (Å²) in [7, 11) is 0. The van der Waals surface area contributed by atoms with Gasteiger partial charge in [-0.3, -0.25) is 4.99 Å². The van der Waals surface area contributed by atoms with Crippen LogP contribution in [0.15, 0.2) is 23.2 Å². The largest absolute Gasteiger partial charge is 0.399 e. The van der Waals surface area contributed by atoms with Gasteiger partial charge in [0.25, 0.3) is 0 Å². The molecule has 0 aromatic heterocycles. The van der Waals surface area contributed by atoms with Crippen LogP contribution in [0.4, 0.5) is 10.1 Å². The number of nitrogen functional groups attached to an aromatic ring is 1. The molecule has 0 spiro atoms. The van der Waals surface area contributed by atoms with E-state index in [9.17, 15) is 4.39 Å². The molecule has 1 heterocycles. The third kappa shape index (κ3) is 1.69. The molecule has 2 aliphatic rings. The van der Waals surface area contributed by atoms with Crippen molar-refractivity contribution in [3.63, 3.8) is 0 Å². The molecule has 17 heavy (non-hydrogen) atoms. The van der Waals surface area contributed by atoms with E-state index >= 15 is 0 Å².